The van der Waals surface area contributed by atoms with Crippen LogP contribution in [0.2, 0.25) is 0 Å². The van der Waals surface area contributed by atoms with Gasteiger partial charge in [-0.25, -0.2) is 14.4 Å². The Morgan fingerprint density at radius 1 is 1.18 bits per heavy atom. The fourth-order valence-electron chi connectivity index (χ4n) is 4.67. The van der Waals surface area contributed by atoms with E-state index in [0.717, 1.165) is 24.7 Å². The minimum absolute atomic E-state index is 0.000890. The van der Waals surface area contributed by atoms with Crippen molar-refractivity contribution in [1.29, 1.82) is 0 Å². The standard InChI is InChI=1S/C21H21F4N5O3/c22-12-7-30(20-16(12)19(26)28-8-29-20)13-5-15(18(32)17(13)31)33-14-4-10(21(23,24)25)3-9-1-2-27-6-11(9)14/h3-4,7-8,13,15,17-18,27,31-32H,1-2,5-6H2,(H2,26,28,29)/t13-,15?,17+,18-/m1/s1. The number of aromatic nitrogens is 3. The van der Waals surface area contributed by atoms with Crippen molar-refractivity contribution in [3.8, 4) is 5.75 Å². The van der Waals surface area contributed by atoms with E-state index in [1.165, 1.54) is 4.57 Å². The number of anilines is 1. The molecule has 2 aromatic heterocycles. The van der Waals surface area contributed by atoms with Gasteiger partial charge in [0.05, 0.1) is 17.0 Å². The Kier molecular flexibility index (Phi) is 5.18. The summed E-state index contributed by atoms with van der Waals surface area (Å²) in [6.07, 6.45) is -5.71. The quantitative estimate of drug-likeness (QED) is 0.435. The van der Waals surface area contributed by atoms with Crippen LogP contribution in [0.3, 0.4) is 0 Å². The molecule has 8 nitrogen and oxygen atoms in total. The van der Waals surface area contributed by atoms with Crippen LogP contribution in [0.25, 0.3) is 11.0 Å². The van der Waals surface area contributed by atoms with Crippen LogP contribution in [-0.2, 0) is 19.1 Å². The Morgan fingerprint density at radius 3 is 2.73 bits per heavy atom. The average molecular weight is 467 g/mol. The van der Waals surface area contributed by atoms with Crippen LogP contribution in [-0.4, -0.2) is 49.6 Å². The number of rotatable bonds is 3. The molecule has 3 heterocycles. The lowest BCUT2D eigenvalue weighted by Gasteiger charge is -2.25. The second kappa shape index (κ2) is 7.82. The molecule has 0 spiro atoms. The van der Waals surface area contributed by atoms with Gasteiger partial charge in [-0.1, -0.05) is 0 Å². The highest BCUT2D eigenvalue weighted by molar-refractivity contribution is 5.86. The first kappa shape index (κ1) is 21.9. The van der Waals surface area contributed by atoms with E-state index in [0.29, 0.717) is 30.6 Å². The first-order valence-corrected chi connectivity index (χ1v) is 10.4. The third-order valence-electron chi connectivity index (χ3n) is 6.33. The SMILES string of the molecule is Nc1ncnc2c1c(F)cn2[C@@H]1CC(Oc2cc(C(F)(F)F)cc3c2CNCC3)[C@@H](O)[C@H]1O. The second-order valence-corrected chi connectivity index (χ2v) is 8.32. The van der Waals surface area contributed by atoms with Crippen LogP contribution in [0.4, 0.5) is 23.4 Å². The van der Waals surface area contributed by atoms with Gasteiger partial charge in [0.1, 0.15) is 41.9 Å². The van der Waals surface area contributed by atoms with Crippen molar-refractivity contribution in [1.82, 2.24) is 19.9 Å². The molecule has 0 amide bonds. The van der Waals surface area contributed by atoms with Gasteiger partial charge in [0.15, 0.2) is 5.82 Å². The molecule has 1 aliphatic carbocycles. The van der Waals surface area contributed by atoms with Crippen molar-refractivity contribution in [3.05, 3.63) is 47.2 Å². The Labute approximate surface area is 185 Å². The van der Waals surface area contributed by atoms with Crippen LogP contribution in [0.15, 0.2) is 24.7 Å². The van der Waals surface area contributed by atoms with E-state index in [2.05, 4.69) is 15.3 Å². The van der Waals surface area contributed by atoms with Crippen LogP contribution in [0.5, 0.6) is 5.75 Å². The summed E-state index contributed by atoms with van der Waals surface area (Å²) in [5, 5.41) is 24.4. The van der Waals surface area contributed by atoms with Gasteiger partial charge < -0.3 is 30.6 Å². The molecule has 5 N–H and O–H groups in total. The van der Waals surface area contributed by atoms with Crippen LogP contribution in [0.1, 0.15) is 29.2 Å². The average Bonchev–Trinajstić information content (AvgIpc) is 3.25. The first-order chi connectivity index (χ1) is 15.6. The summed E-state index contributed by atoms with van der Waals surface area (Å²) in [5.74, 6) is -0.758. The molecule has 4 atom stereocenters. The topological polar surface area (TPSA) is 118 Å². The fourth-order valence-corrected chi connectivity index (χ4v) is 4.67. The number of hydrogen-bond acceptors (Lipinski definition) is 7. The van der Waals surface area contributed by atoms with Gasteiger partial charge in [-0.3, -0.25) is 0 Å². The fraction of sp³-hybridized carbons (Fsp3) is 0.429. The van der Waals surface area contributed by atoms with Crippen molar-refractivity contribution in [2.45, 2.75) is 49.9 Å². The van der Waals surface area contributed by atoms with Crippen LogP contribution in [0, 0.1) is 5.82 Å². The zero-order valence-corrected chi connectivity index (χ0v) is 17.2. The number of hydrogen-bond donors (Lipinski definition) is 4. The highest BCUT2D eigenvalue weighted by Gasteiger charge is 2.45. The van der Waals surface area contributed by atoms with E-state index in [9.17, 15) is 27.8 Å². The Hall–Kier alpha value is -2.96. The number of nitrogen functional groups attached to an aromatic ring is 1. The van der Waals surface area contributed by atoms with Gasteiger partial charge in [0, 0.05) is 24.7 Å². The molecule has 3 aromatic rings. The van der Waals surface area contributed by atoms with Gasteiger partial charge in [-0.05, 0) is 30.7 Å². The van der Waals surface area contributed by atoms with Gasteiger partial charge in [0.2, 0.25) is 0 Å². The van der Waals surface area contributed by atoms with Crippen molar-refractivity contribution in [2.24, 2.45) is 0 Å². The third kappa shape index (κ3) is 3.67. The molecule has 0 saturated heterocycles. The minimum atomic E-state index is -4.56. The number of benzene rings is 1. The molecule has 176 valence electrons. The lowest BCUT2D eigenvalue weighted by Crippen LogP contribution is -2.35. The maximum Gasteiger partial charge on any atom is 0.416 e. The Bertz CT molecular complexity index is 1210. The molecule has 1 unspecified atom stereocenters. The molecule has 1 saturated carbocycles. The van der Waals surface area contributed by atoms with E-state index in [1.54, 1.807) is 0 Å². The molecule has 0 radical (unpaired) electrons. The summed E-state index contributed by atoms with van der Waals surface area (Å²) < 4.78 is 62.0. The van der Waals surface area contributed by atoms with Gasteiger partial charge in [-0.2, -0.15) is 13.2 Å². The van der Waals surface area contributed by atoms with Crippen molar-refractivity contribution in [3.63, 3.8) is 0 Å². The largest absolute Gasteiger partial charge is 0.487 e. The Morgan fingerprint density at radius 2 is 1.97 bits per heavy atom. The van der Waals surface area contributed by atoms with E-state index in [4.69, 9.17) is 10.5 Å². The summed E-state index contributed by atoms with van der Waals surface area (Å²) in [6, 6.07) is 1.19. The van der Waals surface area contributed by atoms with Gasteiger partial charge >= 0.3 is 6.18 Å². The molecular formula is C21H21F4N5O3. The minimum Gasteiger partial charge on any atom is -0.487 e. The number of aliphatic hydroxyl groups is 2. The number of fused-ring (bicyclic) bond motifs is 2. The van der Waals surface area contributed by atoms with Crippen LogP contribution < -0.4 is 15.8 Å². The summed E-state index contributed by atoms with van der Waals surface area (Å²) >= 11 is 0. The van der Waals surface area contributed by atoms with Gasteiger partial charge in [0.25, 0.3) is 0 Å². The van der Waals surface area contributed by atoms with Gasteiger partial charge in [-0.15, -0.1) is 0 Å². The zero-order chi connectivity index (χ0) is 23.5. The van der Waals surface area contributed by atoms with Crippen molar-refractivity contribution in [2.75, 3.05) is 12.3 Å². The predicted molar refractivity (Wildman–Crippen MR) is 109 cm³/mol. The maximum absolute atomic E-state index is 14.5. The zero-order valence-electron chi connectivity index (χ0n) is 17.2. The number of aliphatic hydroxyl groups excluding tert-OH is 2. The normalized spacial score (nSPS) is 25.4. The monoisotopic (exact) mass is 467 g/mol. The second-order valence-electron chi connectivity index (χ2n) is 8.32. The molecule has 0 bridgehead atoms. The molecule has 33 heavy (non-hydrogen) atoms. The molecule has 5 rings (SSSR count). The summed E-state index contributed by atoms with van der Waals surface area (Å²) in [4.78, 5) is 7.80. The van der Waals surface area contributed by atoms with E-state index >= 15 is 0 Å². The number of nitrogens with zero attached hydrogens (tertiary/aromatic N) is 3. The smallest absolute Gasteiger partial charge is 0.416 e. The maximum atomic E-state index is 14.5. The molecule has 12 heteroatoms. The molecule has 1 aliphatic heterocycles. The highest BCUT2D eigenvalue weighted by atomic mass is 19.4. The molecular weight excluding hydrogens is 446 g/mol. The summed E-state index contributed by atoms with van der Waals surface area (Å²) in [5.41, 5.74) is 6.14. The Balaban J connectivity index is 1.49. The number of alkyl halides is 3. The lowest BCUT2D eigenvalue weighted by atomic mass is 9.97. The van der Waals surface area contributed by atoms with E-state index in [-0.39, 0.29) is 29.0 Å². The number of nitrogens with one attached hydrogen (secondary N) is 1. The lowest BCUT2D eigenvalue weighted by molar-refractivity contribution is -0.137. The summed E-state index contributed by atoms with van der Waals surface area (Å²) in [7, 11) is 0. The molecule has 2 aliphatic rings. The van der Waals surface area contributed by atoms with Crippen LogP contribution >= 0.6 is 0 Å². The molecule has 1 fully saturated rings. The highest BCUT2D eigenvalue weighted by Crippen LogP contribution is 2.40. The number of halogens is 4. The van der Waals surface area contributed by atoms with E-state index in [1.807, 2.05) is 0 Å². The predicted octanol–water partition coefficient (Wildman–Crippen LogP) is 1.93. The van der Waals surface area contributed by atoms with Crippen molar-refractivity contribution >= 4 is 16.9 Å². The van der Waals surface area contributed by atoms with Crippen molar-refractivity contribution < 1.29 is 32.5 Å². The van der Waals surface area contributed by atoms with E-state index < -0.39 is 41.9 Å². The number of nitrogens with two attached hydrogens (primary N) is 1. The molecule has 1 aromatic carbocycles. The first-order valence-electron chi connectivity index (χ1n) is 10.4. The third-order valence-corrected chi connectivity index (χ3v) is 6.33. The number of ether oxygens (including phenoxy) is 1. The summed E-state index contributed by atoms with van der Waals surface area (Å²) in [6.45, 7) is 0.860.